The Morgan fingerprint density at radius 3 is 2.33 bits per heavy atom. The molecule has 0 radical (unpaired) electrons. The smallest absolute Gasteiger partial charge is 0.136 e. The van der Waals surface area contributed by atoms with E-state index in [2.05, 4.69) is 27.7 Å². The van der Waals surface area contributed by atoms with Crippen molar-refractivity contribution in [2.45, 2.75) is 40.5 Å². The first-order valence-electron chi connectivity index (χ1n) is 5.05. The number of carbonyl (C=O) groups excluding carboxylic acids is 1. The Morgan fingerprint density at radius 1 is 1.25 bits per heavy atom. The molecule has 0 aliphatic heterocycles. The Morgan fingerprint density at radius 2 is 1.83 bits per heavy atom. The molecule has 1 saturated carbocycles. The van der Waals surface area contributed by atoms with Gasteiger partial charge in [0.15, 0.2) is 0 Å². The van der Waals surface area contributed by atoms with Crippen molar-refractivity contribution in [1.82, 2.24) is 0 Å². The summed E-state index contributed by atoms with van der Waals surface area (Å²) in [4.78, 5) is 11.6. The predicted octanol–water partition coefficient (Wildman–Crippen LogP) is 2.89. The van der Waals surface area contributed by atoms with E-state index in [0.717, 1.165) is 18.8 Å². The van der Waals surface area contributed by atoms with Crippen molar-refractivity contribution in [2.75, 3.05) is 0 Å². The molecule has 70 valence electrons. The molecule has 1 heteroatoms. The van der Waals surface area contributed by atoms with Gasteiger partial charge in [-0.25, -0.2) is 0 Å². The minimum atomic E-state index is 0.344. The third-order valence-corrected chi connectivity index (χ3v) is 3.34. The Kier molecular flexibility index (Phi) is 2.92. The number of carbonyl (C=O) groups is 1. The molecule has 1 rings (SSSR count). The third-order valence-electron chi connectivity index (χ3n) is 3.34. The van der Waals surface area contributed by atoms with Crippen LogP contribution in [0.15, 0.2) is 0 Å². The number of hydrogen-bond acceptors (Lipinski definition) is 1. The van der Waals surface area contributed by atoms with Crippen molar-refractivity contribution in [3.63, 3.8) is 0 Å². The first kappa shape index (κ1) is 9.76. The summed E-state index contributed by atoms with van der Waals surface area (Å²) in [6, 6.07) is 0. The van der Waals surface area contributed by atoms with E-state index >= 15 is 0 Å². The van der Waals surface area contributed by atoms with Gasteiger partial charge in [0.2, 0.25) is 0 Å². The van der Waals surface area contributed by atoms with Gasteiger partial charge in [0.05, 0.1) is 0 Å². The number of rotatable bonds is 1. The highest BCUT2D eigenvalue weighted by Gasteiger charge is 2.32. The van der Waals surface area contributed by atoms with Crippen molar-refractivity contribution in [2.24, 2.45) is 23.7 Å². The highest BCUT2D eigenvalue weighted by Crippen LogP contribution is 2.34. The van der Waals surface area contributed by atoms with Crippen LogP contribution in [0.1, 0.15) is 40.5 Å². The molecule has 12 heavy (non-hydrogen) atoms. The molecule has 0 aromatic rings. The molecular formula is C11H20O. The monoisotopic (exact) mass is 168 g/mol. The van der Waals surface area contributed by atoms with Crippen LogP contribution in [0.4, 0.5) is 0 Å². The zero-order valence-electron chi connectivity index (χ0n) is 8.63. The average Bonchev–Trinajstić information content (AvgIpc) is 1.96. The Hall–Kier alpha value is -0.330. The van der Waals surface area contributed by atoms with Crippen molar-refractivity contribution in [3.8, 4) is 0 Å². The maximum Gasteiger partial charge on any atom is 0.136 e. The average molecular weight is 168 g/mol. The summed E-state index contributed by atoms with van der Waals surface area (Å²) >= 11 is 0. The summed E-state index contributed by atoms with van der Waals surface area (Å²) in [5.41, 5.74) is 0. The molecule has 1 aliphatic carbocycles. The molecule has 3 atom stereocenters. The van der Waals surface area contributed by atoms with E-state index in [1.54, 1.807) is 0 Å². The van der Waals surface area contributed by atoms with E-state index < -0.39 is 0 Å². The largest absolute Gasteiger partial charge is 0.299 e. The van der Waals surface area contributed by atoms with Crippen LogP contribution in [0.25, 0.3) is 0 Å². The van der Waals surface area contributed by atoms with Gasteiger partial charge < -0.3 is 0 Å². The maximum atomic E-state index is 11.6. The standard InChI is InChI=1S/C11H20O/c1-7(2)10-5-8(3)9(4)6-11(10)12/h7-10H,5-6H2,1-4H3/t8?,9-,10+/m0/s1. The van der Waals surface area contributed by atoms with Gasteiger partial charge in [-0.15, -0.1) is 0 Å². The SMILES string of the molecule is CC1C[C@H](C(C)C)C(=O)C[C@@H]1C. The van der Waals surface area contributed by atoms with E-state index in [-0.39, 0.29) is 0 Å². The van der Waals surface area contributed by atoms with E-state index in [1.807, 2.05) is 0 Å². The summed E-state index contributed by atoms with van der Waals surface area (Å²) in [5.74, 6) is 2.71. The second-order valence-electron chi connectivity index (χ2n) is 4.71. The second-order valence-corrected chi connectivity index (χ2v) is 4.71. The predicted molar refractivity (Wildman–Crippen MR) is 50.9 cm³/mol. The van der Waals surface area contributed by atoms with Crippen LogP contribution < -0.4 is 0 Å². The van der Waals surface area contributed by atoms with Crippen molar-refractivity contribution in [1.29, 1.82) is 0 Å². The summed E-state index contributed by atoms with van der Waals surface area (Å²) in [5, 5.41) is 0. The quantitative estimate of drug-likeness (QED) is 0.588. The number of hydrogen-bond donors (Lipinski definition) is 0. The molecule has 0 spiro atoms. The molecule has 0 aromatic heterocycles. The molecule has 1 nitrogen and oxygen atoms in total. The summed E-state index contributed by atoms with van der Waals surface area (Å²) in [6.07, 6.45) is 1.92. The summed E-state index contributed by atoms with van der Waals surface area (Å²) in [7, 11) is 0. The van der Waals surface area contributed by atoms with Gasteiger partial charge in [-0.2, -0.15) is 0 Å². The lowest BCUT2D eigenvalue weighted by Crippen LogP contribution is -2.32. The van der Waals surface area contributed by atoms with Gasteiger partial charge in [0, 0.05) is 12.3 Å². The lowest BCUT2D eigenvalue weighted by molar-refractivity contribution is -0.128. The van der Waals surface area contributed by atoms with Crippen LogP contribution >= 0.6 is 0 Å². The van der Waals surface area contributed by atoms with Gasteiger partial charge in [-0.1, -0.05) is 27.7 Å². The van der Waals surface area contributed by atoms with E-state index in [1.165, 1.54) is 0 Å². The van der Waals surface area contributed by atoms with Crippen molar-refractivity contribution in [3.05, 3.63) is 0 Å². The van der Waals surface area contributed by atoms with Crippen molar-refractivity contribution < 1.29 is 4.79 Å². The van der Waals surface area contributed by atoms with Crippen LogP contribution in [-0.2, 0) is 4.79 Å². The molecule has 1 fully saturated rings. The topological polar surface area (TPSA) is 17.1 Å². The fraction of sp³-hybridized carbons (Fsp3) is 0.909. The molecule has 0 bridgehead atoms. The van der Waals surface area contributed by atoms with Crippen LogP contribution in [0.5, 0.6) is 0 Å². The van der Waals surface area contributed by atoms with E-state index in [0.29, 0.717) is 23.5 Å². The van der Waals surface area contributed by atoms with Gasteiger partial charge in [0.25, 0.3) is 0 Å². The van der Waals surface area contributed by atoms with Crippen LogP contribution in [0.2, 0.25) is 0 Å². The molecule has 0 N–H and O–H groups in total. The minimum Gasteiger partial charge on any atom is -0.299 e. The Balaban J connectivity index is 2.62. The zero-order chi connectivity index (χ0) is 9.30. The maximum absolute atomic E-state index is 11.6. The highest BCUT2D eigenvalue weighted by atomic mass is 16.1. The minimum absolute atomic E-state index is 0.344. The normalized spacial score (nSPS) is 37.4. The van der Waals surface area contributed by atoms with Gasteiger partial charge in [-0.05, 0) is 24.2 Å². The molecule has 1 aliphatic rings. The Bertz CT molecular complexity index is 172. The lowest BCUT2D eigenvalue weighted by atomic mass is 9.71. The highest BCUT2D eigenvalue weighted by molar-refractivity contribution is 5.82. The number of Topliss-reactive ketones (excluding diaryl/α,β-unsaturated/α-hetero) is 1. The molecule has 0 heterocycles. The van der Waals surface area contributed by atoms with Crippen LogP contribution in [0.3, 0.4) is 0 Å². The third kappa shape index (κ3) is 1.88. The molecular weight excluding hydrogens is 148 g/mol. The van der Waals surface area contributed by atoms with E-state index in [4.69, 9.17) is 0 Å². The fourth-order valence-electron chi connectivity index (χ4n) is 2.08. The van der Waals surface area contributed by atoms with Gasteiger partial charge in [-0.3, -0.25) is 4.79 Å². The van der Waals surface area contributed by atoms with Gasteiger partial charge >= 0.3 is 0 Å². The molecule has 1 unspecified atom stereocenters. The summed E-state index contributed by atoms with van der Waals surface area (Å²) in [6.45, 7) is 8.78. The summed E-state index contributed by atoms with van der Waals surface area (Å²) < 4.78 is 0. The Labute approximate surface area is 75.5 Å². The van der Waals surface area contributed by atoms with Crippen LogP contribution in [0, 0.1) is 23.7 Å². The second kappa shape index (κ2) is 3.59. The van der Waals surface area contributed by atoms with Crippen molar-refractivity contribution >= 4 is 5.78 Å². The molecule has 0 saturated heterocycles. The number of ketones is 1. The van der Waals surface area contributed by atoms with Gasteiger partial charge in [0.1, 0.15) is 5.78 Å². The lowest BCUT2D eigenvalue weighted by Gasteiger charge is -2.32. The zero-order valence-corrected chi connectivity index (χ0v) is 8.63. The fourth-order valence-corrected chi connectivity index (χ4v) is 2.08. The molecule has 0 amide bonds. The van der Waals surface area contributed by atoms with Crippen LogP contribution in [-0.4, -0.2) is 5.78 Å². The van der Waals surface area contributed by atoms with E-state index in [9.17, 15) is 4.79 Å². The first-order valence-corrected chi connectivity index (χ1v) is 5.05. The molecule has 0 aromatic carbocycles. The first-order chi connectivity index (χ1) is 5.52.